The van der Waals surface area contributed by atoms with Gasteiger partial charge in [-0.2, -0.15) is 0 Å². The predicted molar refractivity (Wildman–Crippen MR) is 97.0 cm³/mol. The van der Waals surface area contributed by atoms with Crippen LogP contribution in [0.5, 0.6) is 5.75 Å². The highest BCUT2D eigenvalue weighted by atomic mass is 16.5. The molecule has 1 saturated heterocycles. The summed E-state index contributed by atoms with van der Waals surface area (Å²) in [6, 6.07) is 7.60. The number of rotatable bonds is 5. The Morgan fingerprint density at radius 1 is 1.16 bits per heavy atom. The van der Waals surface area contributed by atoms with Crippen molar-refractivity contribution in [2.75, 3.05) is 50.1 Å². The van der Waals surface area contributed by atoms with E-state index in [9.17, 15) is 4.79 Å². The van der Waals surface area contributed by atoms with Crippen LogP contribution in [-0.2, 0) is 4.79 Å². The number of anilines is 2. The van der Waals surface area contributed by atoms with E-state index in [0.29, 0.717) is 17.4 Å². The van der Waals surface area contributed by atoms with Crippen LogP contribution in [0.25, 0.3) is 0 Å². The van der Waals surface area contributed by atoms with Crippen LogP contribution < -0.4 is 15.0 Å². The van der Waals surface area contributed by atoms with Crippen molar-refractivity contribution in [3.63, 3.8) is 0 Å². The van der Waals surface area contributed by atoms with Crippen molar-refractivity contribution in [3.05, 3.63) is 42.2 Å². The number of aromatic nitrogens is 2. The summed E-state index contributed by atoms with van der Waals surface area (Å²) >= 11 is 0. The molecule has 1 fully saturated rings. The van der Waals surface area contributed by atoms with Gasteiger partial charge in [0, 0.05) is 26.2 Å². The third kappa shape index (κ3) is 4.67. The zero-order valence-electron chi connectivity index (χ0n) is 14.6. The van der Waals surface area contributed by atoms with Crippen LogP contribution in [0.1, 0.15) is 5.56 Å². The van der Waals surface area contributed by atoms with Crippen LogP contribution in [0.15, 0.2) is 36.7 Å². The number of piperazine rings is 1. The molecule has 0 bridgehead atoms. The van der Waals surface area contributed by atoms with Gasteiger partial charge in [-0.3, -0.25) is 4.79 Å². The minimum Gasteiger partial charge on any atom is -0.483 e. The lowest BCUT2D eigenvalue weighted by Crippen LogP contribution is -2.45. The lowest BCUT2D eigenvalue weighted by molar-refractivity contribution is -0.118. The lowest BCUT2D eigenvalue weighted by Gasteiger charge is -2.32. The van der Waals surface area contributed by atoms with Gasteiger partial charge in [-0.15, -0.1) is 0 Å². The second-order valence-electron chi connectivity index (χ2n) is 6.16. The van der Waals surface area contributed by atoms with E-state index in [2.05, 4.69) is 32.1 Å². The molecule has 2 aromatic rings. The lowest BCUT2D eigenvalue weighted by atomic mass is 10.2. The summed E-state index contributed by atoms with van der Waals surface area (Å²) in [4.78, 5) is 25.1. The minimum absolute atomic E-state index is 0.0505. The van der Waals surface area contributed by atoms with Crippen molar-refractivity contribution in [2.45, 2.75) is 6.92 Å². The Bertz CT molecular complexity index is 712. The van der Waals surface area contributed by atoms with Gasteiger partial charge in [0.2, 0.25) is 5.95 Å². The predicted octanol–water partition coefficient (Wildman–Crippen LogP) is 1.55. The van der Waals surface area contributed by atoms with Crippen LogP contribution in [-0.4, -0.2) is 60.6 Å². The number of carbonyl (C=O) groups is 1. The van der Waals surface area contributed by atoms with Crippen molar-refractivity contribution in [3.8, 4) is 5.75 Å². The van der Waals surface area contributed by atoms with E-state index >= 15 is 0 Å². The molecule has 25 heavy (non-hydrogen) atoms. The molecule has 3 rings (SSSR count). The van der Waals surface area contributed by atoms with E-state index in [-0.39, 0.29) is 12.5 Å². The number of carbonyl (C=O) groups excluding carboxylic acids is 1. The van der Waals surface area contributed by atoms with E-state index in [0.717, 1.165) is 31.7 Å². The average Bonchev–Trinajstić information content (AvgIpc) is 2.62. The first kappa shape index (κ1) is 17.2. The highest BCUT2D eigenvalue weighted by Gasteiger charge is 2.16. The third-order valence-electron chi connectivity index (χ3n) is 4.16. The Balaban J connectivity index is 1.51. The molecular weight excluding hydrogens is 318 g/mol. The summed E-state index contributed by atoms with van der Waals surface area (Å²) in [5.74, 6) is 1.17. The quantitative estimate of drug-likeness (QED) is 0.890. The van der Waals surface area contributed by atoms with Crippen LogP contribution in [0.3, 0.4) is 0 Å². The number of para-hydroxylation sites is 1. The molecule has 0 radical (unpaired) electrons. The maximum Gasteiger partial charge on any atom is 0.262 e. The fraction of sp³-hybridized carbons (Fsp3) is 0.389. The summed E-state index contributed by atoms with van der Waals surface area (Å²) < 4.78 is 5.53. The molecule has 0 spiro atoms. The highest BCUT2D eigenvalue weighted by Crippen LogP contribution is 2.16. The molecule has 0 atom stereocenters. The Morgan fingerprint density at radius 2 is 1.84 bits per heavy atom. The molecule has 1 aliphatic rings. The van der Waals surface area contributed by atoms with Crippen molar-refractivity contribution >= 4 is 17.5 Å². The van der Waals surface area contributed by atoms with Gasteiger partial charge in [-0.1, -0.05) is 18.2 Å². The Hall–Kier alpha value is -2.67. The van der Waals surface area contributed by atoms with Crippen molar-refractivity contribution < 1.29 is 9.53 Å². The van der Waals surface area contributed by atoms with Crippen LogP contribution >= 0.6 is 0 Å². The second-order valence-corrected chi connectivity index (χ2v) is 6.16. The zero-order chi connectivity index (χ0) is 17.6. The molecule has 7 heteroatoms. The summed E-state index contributed by atoms with van der Waals surface area (Å²) in [5.41, 5.74) is 1.56. The number of hydrogen-bond donors (Lipinski definition) is 1. The largest absolute Gasteiger partial charge is 0.483 e. The van der Waals surface area contributed by atoms with E-state index in [4.69, 9.17) is 4.74 Å². The fourth-order valence-electron chi connectivity index (χ4n) is 2.61. The molecule has 1 amide bonds. The topological polar surface area (TPSA) is 70.6 Å². The maximum absolute atomic E-state index is 12.0. The van der Waals surface area contributed by atoms with Crippen molar-refractivity contribution in [2.24, 2.45) is 0 Å². The van der Waals surface area contributed by atoms with Crippen molar-refractivity contribution in [1.82, 2.24) is 14.9 Å². The van der Waals surface area contributed by atoms with Gasteiger partial charge in [0.15, 0.2) is 6.61 Å². The summed E-state index contributed by atoms with van der Waals surface area (Å²) in [5, 5.41) is 2.75. The van der Waals surface area contributed by atoms with E-state index < -0.39 is 0 Å². The van der Waals surface area contributed by atoms with Crippen LogP contribution in [0.4, 0.5) is 11.6 Å². The number of ether oxygens (including phenoxy) is 1. The monoisotopic (exact) mass is 341 g/mol. The SMILES string of the molecule is Cc1ccccc1OCC(=O)Nc1cnc(N2CCN(C)CC2)nc1. The Kier molecular flexibility index (Phi) is 5.45. The summed E-state index contributed by atoms with van der Waals surface area (Å²) in [6.07, 6.45) is 3.26. The third-order valence-corrected chi connectivity index (χ3v) is 4.16. The second kappa shape index (κ2) is 7.94. The minimum atomic E-state index is -0.237. The molecule has 2 heterocycles. The Morgan fingerprint density at radius 3 is 2.52 bits per heavy atom. The van der Waals surface area contributed by atoms with Gasteiger partial charge in [0.25, 0.3) is 5.91 Å². The summed E-state index contributed by atoms with van der Waals surface area (Å²) in [6.45, 7) is 5.71. The smallest absolute Gasteiger partial charge is 0.262 e. The van der Waals surface area contributed by atoms with Gasteiger partial charge in [-0.25, -0.2) is 9.97 Å². The number of nitrogens with zero attached hydrogens (tertiary/aromatic N) is 4. The molecule has 1 aromatic heterocycles. The average molecular weight is 341 g/mol. The van der Waals surface area contributed by atoms with Crippen LogP contribution in [0.2, 0.25) is 0 Å². The molecule has 1 N–H and O–H groups in total. The number of nitrogens with one attached hydrogen (secondary N) is 1. The molecule has 132 valence electrons. The van der Waals surface area contributed by atoms with Gasteiger partial charge in [0.05, 0.1) is 18.1 Å². The van der Waals surface area contributed by atoms with Gasteiger partial charge in [0.1, 0.15) is 5.75 Å². The number of benzene rings is 1. The first-order chi connectivity index (χ1) is 12.1. The van der Waals surface area contributed by atoms with Gasteiger partial charge < -0.3 is 19.9 Å². The van der Waals surface area contributed by atoms with Gasteiger partial charge >= 0.3 is 0 Å². The van der Waals surface area contributed by atoms with E-state index in [1.54, 1.807) is 12.4 Å². The Labute approximate surface area is 147 Å². The molecule has 7 nitrogen and oxygen atoms in total. The number of amides is 1. The summed E-state index contributed by atoms with van der Waals surface area (Å²) in [7, 11) is 2.11. The molecule has 0 unspecified atom stereocenters. The zero-order valence-corrected chi connectivity index (χ0v) is 14.6. The molecule has 1 aliphatic heterocycles. The van der Waals surface area contributed by atoms with Crippen LogP contribution in [0, 0.1) is 6.92 Å². The normalized spacial score (nSPS) is 15.0. The number of hydrogen-bond acceptors (Lipinski definition) is 6. The van der Waals surface area contributed by atoms with E-state index in [1.807, 2.05) is 31.2 Å². The molecular formula is C18H23N5O2. The first-order valence-electron chi connectivity index (χ1n) is 8.35. The number of aryl methyl sites for hydroxylation is 1. The van der Waals surface area contributed by atoms with Crippen molar-refractivity contribution in [1.29, 1.82) is 0 Å². The standard InChI is InChI=1S/C18H23N5O2/c1-14-5-3-4-6-16(14)25-13-17(24)21-15-11-19-18(20-12-15)23-9-7-22(2)8-10-23/h3-6,11-12H,7-10,13H2,1-2H3,(H,21,24). The highest BCUT2D eigenvalue weighted by molar-refractivity contribution is 5.91. The van der Waals surface area contributed by atoms with E-state index in [1.165, 1.54) is 0 Å². The maximum atomic E-state index is 12.0. The first-order valence-corrected chi connectivity index (χ1v) is 8.35. The molecule has 1 aromatic carbocycles. The fourth-order valence-corrected chi connectivity index (χ4v) is 2.61. The molecule has 0 saturated carbocycles. The number of likely N-dealkylation sites (N-methyl/N-ethyl adjacent to an activating group) is 1. The molecule has 0 aliphatic carbocycles. The van der Waals surface area contributed by atoms with Gasteiger partial charge in [-0.05, 0) is 25.6 Å².